The van der Waals surface area contributed by atoms with Gasteiger partial charge in [-0.25, -0.2) is 9.97 Å². The largest absolute Gasteiger partial charge is 0.383 e. The minimum absolute atomic E-state index is 0.425. The van der Waals surface area contributed by atoms with Crippen LogP contribution in [0.15, 0.2) is 39.3 Å². The Morgan fingerprint density at radius 3 is 2.57 bits per heavy atom. The lowest BCUT2D eigenvalue weighted by Crippen LogP contribution is -1.99. The van der Waals surface area contributed by atoms with Gasteiger partial charge < -0.3 is 5.73 Å². The summed E-state index contributed by atoms with van der Waals surface area (Å²) in [6, 6.07) is 9.59. The number of nitrogen functional groups attached to an aromatic ring is 1. The first-order valence-corrected chi connectivity index (χ1v) is 8.11. The minimum atomic E-state index is 0.425. The number of anilines is 1. The summed E-state index contributed by atoms with van der Waals surface area (Å²) in [4.78, 5) is 8.98. The van der Waals surface area contributed by atoms with E-state index in [0.29, 0.717) is 16.7 Å². The van der Waals surface area contributed by atoms with Crippen molar-refractivity contribution in [3.05, 3.63) is 49.9 Å². The SMILES string of the molecule is Cc1ccc(-c2nc(N)c3cc(Br)cc(Br)c3n2)c(Cl)c1. The van der Waals surface area contributed by atoms with Crippen LogP contribution in [0.5, 0.6) is 0 Å². The van der Waals surface area contributed by atoms with Gasteiger partial charge in [0.2, 0.25) is 0 Å². The van der Waals surface area contributed by atoms with Gasteiger partial charge in [0.25, 0.3) is 0 Å². The maximum absolute atomic E-state index is 6.29. The molecule has 0 saturated heterocycles. The molecule has 0 aliphatic rings. The summed E-state index contributed by atoms with van der Waals surface area (Å²) in [7, 11) is 0. The first-order chi connectivity index (χ1) is 9.95. The predicted molar refractivity (Wildman–Crippen MR) is 94.5 cm³/mol. The summed E-state index contributed by atoms with van der Waals surface area (Å²) in [5, 5.41) is 1.41. The Morgan fingerprint density at radius 2 is 1.86 bits per heavy atom. The Morgan fingerprint density at radius 1 is 1.10 bits per heavy atom. The van der Waals surface area contributed by atoms with E-state index in [2.05, 4.69) is 41.8 Å². The molecule has 1 heterocycles. The first kappa shape index (κ1) is 14.8. The molecule has 0 unspecified atom stereocenters. The van der Waals surface area contributed by atoms with E-state index in [0.717, 1.165) is 31.0 Å². The van der Waals surface area contributed by atoms with Crippen LogP contribution in [0.2, 0.25) is 5.02 Å². The normalized spacial score (nSPS) is 11.0. The lowest BCUT2D eigenvalue weighted by atomic mass is 10.1. The Bertz CT molecular complexity index is 865. The molecule has 106 valence electrons. The highest BCUT2D eigenvalue weighted by molar-refractivity contribution is 9.11. The number of aromatic nitrogens is 2. The Balaban J connectivity index is 2.30. The highest BCUT2D eigenvalue weighted by atomic mass is 79.9. The van der Waals surface area contributed by atoms with Gasteiger partial charge in [0, 0.05) is 19.9 Å². The second-order valence-corrected chi connectivity index (χ2v) is 6.88. The van der Waals surface area contributed by atoms with Gasteiger partial charge in [0.15, 0.2) is 5.82 Å². The van der Waals surface area contributed by atoms with Crippen LogP contribution in [0.4, 0.5) is 5.82 Å². The second kappa shape index (κ2) is 5.55. The van der Waals surface area contributed by atoms with Gasteiger partial charge >= 0.3 is 0 Å². The van der Waals surface area contributed by atoms with Crippen LogP contribution in [0.1, 0.15) is 5.56 Å². The van der Waals surface area contributed by atoms with E-state index in [1.807, 2.05) is 37.3 Å². The van der Waals surface area contributed by atoms with Crippen LogP contribution in [0, 0.1) is 6.92 Å². The standard InChI is InChI=1S/C15H10Br2ClN3/c1-7-2-3-9(12(18)4-7)15-20-13-10(14(19)21-15)5-8(16)6-11(13)17/h2-6H,1H3,(H2,19,20,21). The highest BCUT2D eigenvalue weighted by Gasteiger charge is 2.13. The molecule has 2 aromatic carbocycles. The van der Waals surface area contributed by atoms with Crippen LogP contribution < -0.4 is 5.73 Å². The Kier molecular flexibility index (Phi) is 3.90. The average molecular weight is 428 g/mol. The van der Waals surface area contributed by atoms with Gasteiger partial charge in [0.05, 0.1) is 10.5 Å². The second-order valence-electron chi connectivity index (χ2n) is 4.70. The third-order valence-corrected chi connectivity index (χ3v) is 4.49. The maximum Gasteiger partial charge on any atom is 0.163 e. The number of benzene rings is 2. The van der Waals surface area contributed by atoms with E-state index in [1.54, 1.807) is 0 Å². The monoisotopic (exact) mass is 425 g/mol. The number of hydrogen-bond acceptors (Lipinski definition) is 3. The van der Waals surface area contributed by atoms with Crippen molar-refractivity contribution >= 4 is 60.2 Å². The maximum atomic E-state index is 6.29. The fraction of sp³-hybridized carbons (Fsp3) is 0.0667. The number of aryl methyl sites for hydroxylation is 1. The summed E-state index contributed by atoms with van der Waals surface area (Å²) >= 11 is 13.2. The van der Waals surface area contributed by atoms with E-state index in [1.165, 1.54) is 0 Å². The Labute approximate surface area is 143 Å². The number of nitrogens with two attached hydrogens (primary N) is 1. The van der Waals surface area contributed by atoms with Crippen molar-refractivity contribution in [2.75, 3.05) is 5.73 Å². The van der Waals surface area contributed by atoms with Gasteiger partial charge in [0.1, 0.15) is 5.82 Å². The summed E-state index contributed by atoms with van der Waals surface area (Å²) in [6.07, 6.45) is 0. The van der Waals surface area contributed by atoms with Crippen molar-refractivity contribution in [2.45, 2.75) is 6.92 Å². The van der Waals surface area contributed by atoms with E-state index < -0.39 is 0 Å². The van der Waals surface area contributed by atoms with E-state index in [9.17, 15) is 0 Å². The lowest BCUT2D eigenvalue weighted by Gasteiger charge is -2.09. The molecule has 0 spiro atoms. The molecule has 0 atom stereocenters. The molecule has 0 aliphatic carbocycles. The number of hydrogen-bond donors (Lipinski definition) is 1. The number of rotatable bonds is 1. The van der Waals surface area contributed by atoms with E-state index in [4.69, 9.17) is 17.3 Å². The van der Waals surface area contributed by atoms with Crippen molar-refractivity contribution in [1.29, 1.82) is 0 Å². The molecule has 2 N–H and O–H groups in total. The van der Waals surface area contributed by atoms with Crippen LogP contribution in [-0.4, -0.2) is 9.97 Å². The third-order valence-electron chi connectivity index (χ3n) is 3.11. The molecule has 0 bridgehead atoms. The third kappa shape index (κ3) is 2.78. The van der Waals surface area contributed by atoms with Crippen LogP contribution in [-0.2, 0) is 0 Å². The molecular weight excluding hydrogens is 417 g/mol. The molecule has 0 aliphatic heterocycles. The zero-order valence-corrected chi connectivity index (χ0v) is 14.9. The van der Waals surface area contributed by atoms with Gasteiger partial charge in [-0.1, -0.05) is 33.6 Å². The Hall–Kier alpha value is -1.17. The molecule has 0 amide bonds. The quantitative estimate of drug-likeness (QED) is 0.568. The van der Waals surface area contributed by atoms with Crippen molar-refractivity contribution in [2.24, 2.45) is 0 Å². The molecule has 21 heavy (non-hydrogen) atoms. The molecule has 3 aromatic rings. The zero-order valence-electron chi connectivity index (χ0n) is 11.0. The first-order valence-electron chi connectivity index (χ1n) is 6.14. The van der Waals surface area contributed by atoms with Crippen LogP contribution >= 0.6 is 43.5 Å². The molecule has 1 aromatic heterocycles. The van der Waals surface area contributed by atoms with Crippen molar-refractivity contribution < 1.29 is 0 Å². The predicted octanol–water partition coefficient (Wildman–Crippen LogP) is 5.37. The molecule has 0 fully saturated rings. The summed E-state index contributed by atoms with van der Waals surface area (Å²) in [5.74, 6) is 0.946. The minimum Gasteiger partial charge on any atom is -0.383 e. The highest BCUT2D eigenvalue weighted by Crippen LogP contribution is 2.33. The fourth-order valence-electron chi connectivity index (χ4n) is 2.10. The number of halogens is 3. The lowest BCUT2D eigenvalue weighted by molar-refractivity contribution is 1.23. The van der Waals surface area contributed by atoms with E-state index >= 15 is 0 Å². The molecule has 3 nitrogen and oxygen atoms in total. The van der Waals surface area contributed by atoms with Gasteiger partial charge in [-0.05, 0) is 52.7 Å². The van der Waals surface area contributed by atoms with Crippen molar-refractivity contribution in [3.8, 4) is 11.4 Å². The average Bonchev–Trinajstić information content (AvgIpc) is 2.40. The van der Waals surface area contributed by atoms with Crippen molar-refractivity contribution in [3.63, 3.8) is 0 Å². The molecule has 0 saturated carbocycles. The molecule has 3 rings (SSSR count). The smallest absolute Gasteiger partial charge is 0.163 e. The molecular formula is C15H10Br2ClN3. The zero-order chi connectivity index (χ0) is 15.1. The summed E-state index contributed by atoms with van der Waals surface area (Å²) < 4.78 is 1.77. The van der Waals surface area contributed by atoms with Crippen LogP contribution in [0.3, 0.4) is 0 Å². The topological polar surface area (TPSA) is 51.8 Å². The molecule has 6 heteroatoms. The van der Waals surface area contributed by atoms with Gasteiger partial charge in [-0.3, -0.25) is 0 Å². The van der Waals surface area contributed by atoms with E-state index in [-0.39, 0.29) is 0 Å². The summed E-state index contributed by atoms with van der Waals surface area (Å²) in [5.41, 5.74) is 8.69. The summed E-state index contributed by atoms with van der Waals surface area (Å²) in [6.45, 7) is 1.99. The number of nitrogens with zero attached hydrogens (tertiary/aromatic N) is 2. The van der Waals surface area contributed by atoms with Gasteiger partial charge in [-0.15, -0.1) is 0 Å². The number of fused-ring (bicyclic) bond motifs is 1. The van der Waals surface area contributed by atoms with Crippen molar-refractivity contribution in [1.82, 2.24) is 9.97 Å². The van der Waals surface area contributed by atoms with Crippen LogP contribution in [0.25, 0.3) is 22.3 Å². The van der Waals surface area contributed by atoms with Gasteiger partial charge in [-0.2, -0.15) is 0 Å². The molecule has 0 radical (unpaired) electrons. The fourth-order valence-corrected chi connectivity index (χ4v) is 3.74.